The Labute approximate surface area is 182 Å². The van der Waals surface area contributed by atoms with Gasteiger partial charge in [-0.1, -0.05) is 24.3 Å². The molecular weight excluding hydrogens is 392 g/mol. The van der Waals surface area contributed by atoms with Crippen molar-refractivity contribution in [1.82, 2.24) is 15.2 Å². The molecule has 1 amide bonds. The quantitative estimate of drug-likeness (QED) is 0.636. The lowest BCUT2D eigenvalue weighted by molar-refractivity contribution is 0.0946. The van der Waals surface area contributed by atoms with Crippen molar-refractivity contribution in [2.24, 2.45) is 0 Å². The minimum Gasteiger partial charge on any atom is -0.362 e. The maximum Gasteiger partial charge on any atom is 0.261 e. The minimum atomic E-state index is 0.0572. The highest BCUT2D eigenvalue weighted by atomic mass is 32.1. The standard InChI is InChI=1S/C24H30N4OS/c1-16(2)26-24(29)22-21(19-9-5-6-10-20(19)30-22)17-11-13-28(14-17)15-18-8-7-12-25-23(18)27(3)4/h5-10,12,16-17H,11,13-15H2,1-4H3,(H,26,29)/t17-/m0/s1. The number of nitrogens with zero attached hydrogens (tertiary/aromatic N) is 3. The van der Waals surface area contributed by atoms with Crippen molar-refractivity contribution in [3.05, 3.63) is 58.6 Å². The van der Waals surface area contributed by atoms with Crippen LogP contribution < -0.4 is 10.2 Å². The number of carbonyl (C=O) groups is 1. The van der Waals surface area contributed by atoms with E-state index in [1.807, 2.05) is 40.2 Å². The first-order valence-electron chi connectivity index (χ1n) is 10.6. The van der Waals surface area contributed by atoms with E-state index in [9.17, 15) is 4.79 Å². The first-order valence-corrected chi connectivity index (χ1v) is 11.4. The van der Waals surface area contributed by atoms with E-state index < -0.39 is 0 Å². The van der Waals surface area contributed by atoms with Crippen LogP contribution in [0.1, 0.15) is 47.0 Å². The number of nitrogens with one attached hydrogen (secondary N) is 1. The van der Waals surface area contributed by atoms with Gasteiger partial charge >= 0.3 is 0 Å². The third kappa shape index (κ3) is 4.20. The Balaban J connectivity index is 1.60. The molecule has 1 aliphatic rings. The predicted octanol–water partition coefficient (Wildman–Crippen LogP) is 4.49. The highest BCUT2D eigenvalue weighted by Crippen LogP contribution is 2.40. The van der Waals surface area contributed by atoms with Crippen molar-refractivity contribution in [3.8, 4) is 0 Å². The smallest absolute Gasteiger partial charge is 0.261 e. The molecule has 1 N–H and O–H groups in total. The Morgan fingerprint density at radius 2 is 2.07 bits per heavy atom. The van der Waals surface area contributed by atoms with E-state index in [2.05, 4.69) is 50.4 Å². The first-order chi connectivity index (χ1) is 14.4. The summed E-state index contributed by atoms with van der Waals surface area (Å²) in [6, 6.07) is 12.7. The summed E-state index contributed by atoms with van der Waals surface area (Å²) < 4.78 is 1.20. The maximum absolute atomic E-state index is 13.0. The lowest BCUT2D eigenvalue weighted by Gasteiger charge is -2.21. The van der Waals surface area contributed by atoms with Gasteiger partial charge in [0.1, 0.15) is 5.82 Å². The lowest BCUT2D eigenvalue weighted by atomic mass is 9.95. The minimum absolute atomic E-state index is 0.0572. The molecular formula is C24H30N4OS. The number of likely N-dealkylation sites (tertiary alicyclic amines) is 1. The molecule has 1 aromatic carbocycles. The molecule has 1 atom stereocenters. The third-order valence-corrected chi connectivity index (χ3v) is 6.81. The average molecular weight is 423 g/mol. The number of hydrogen-bond donors (Lipinski definition) is 1. The number of carbonyl (C=O) groups excluding carboxylic acids is 1. The molecule has 0 unspecified atom stereocenters. The number of pyridine rings is 1. The molecule has 2 aromatic heterocycles. The Hall–Kier alpha value is -2.44. The summed E-state index contributed by atoms with van der Waals surface area (Å²) in [6.07, 6.45) is 2.92. The van der Waals surface area contributed by atoms with Crippen LogP contribution in [-0.4, -0.2) is 49.0 Å². The van der Waals surface area contributed by atoms with Crippen LogP contribution in [0.5, 0.6) is 0 Å². The van der Waals surface area contributed by atoms with Gasteiger partial charge in [-0.25, -0.2) is 4.98 Å². The van der Waals surface area contributed by atoms with E-state index >= 15 is 0 Å². The van der Waals surface area contributed by atoms with Crippen molar-refractivity contribution in [2.45, 2.75) is 38.8 Å². The van der Waals surface area contributed by atoms with E-state index in [0.717, 1.165) is 36.8 Å². The van der Waals surface area contributed by atoms with Gasteiger partial charge in [0.15, 0.2) is 0 Å². The fourth-order valence-electron chi connectivity index (χ4n) is 4.38. The van der Waals surface area contributed by atoms with Gasteiger partial charge in [-0.2, -0.15) is 0 Å². The maximum atomic E-state index is 13.0. The van der Waals surface area contributed by atoms with Gasteiger partial charge in [-0.05, 0) is 49.9 Å². The number of rotatable bonds is 6. The zero-order chi connectivity index (χ0) is 21.3. The fourth-order valence-corrected chi connectivity index (χ4v) is 5.57. The van der Waals surface area contributed by atoms with Crippen molar-refractivity contribution in [1.29, 1.82) is 0 Å². The number of thiophene rings is 1. The largest absolute Gasteiger partial charge is 0.362 e. The summed E-state index contributed by atoms with van der Waals surface area (Å²) in [5, 5.41) is 4.33. The van der Waals surface area contributed by atoms with Crippen molar-refractivity contribution in [3.63, 3.8) is 0 Å². The number of amides is 1. The molecule has 158 valence electrons. The monoisotopic (exact) mass is 422 g/mol. The van der Waals surface area contributed by atoms with E-state index in [1.165, 1.54) is 21.2 Å². The fraction of sp³-hybridized carbons (Fsp3) is 0.417. The molecule has 1 aliphatic heterocycles. The van der Waals surface area contributed by atoms with E-state index in [0.29, 0.717) is 5.92 Å². The van der Waals surface area contributed by atoms with Crippen molar-refractivity contribution < 1.29 is 4.79 Å². The van der Waals surface area contributed by atoms with Gasteiger partial charge in [0, 0.05) is 55.6 Å². The van der Waals surface area contributed by atoms with Crippen LogP contribution in [0.2, 0.25) is 0 Å². The van der Waals surface area contributed by atoms with Crippen molar-refractivity contribution >= 4 is 33.1 Å². The van der Waals surface area contributed by atoms with Crippen LogP contribution in [0.4, 0.5) is 5.82 Å². The summed E-state index contributed by atoms with van der Waals surface area (Å²) in [7, 11) is 4.07. The highest BCUT2D eigenvalue weighted by Gasteiger charge is 2.31. The molecule has 3 aromatic rings. The Kier molecular flexibility index (Phi) is 6.06. The van der Waals surface area contributed by atoms with Gasteiger partial charge in [0.25, 0.3) is 5.91 Å². The van der Waals surface area contributed by atoms with Gasteiger partial charge < -0.3 is 10.2 Å². The predicted molar refractivity (Wildman–Crippen MR) is 126 cm³/mol. The third-order valence-electron chi connectivity index (χ3n) is 5.63. The number of aromatic nitrogens is 1. The molecule has 6 heteroatoms. The summed E-state index contributed by atoms with van der Waals surface area (Å²) >= 11 is 1.63. The molecule has 1 fully saturated rings. The summed E-state index contributed by atoms with van der Waals surface area (Å²) in [5.74, 6) is 1.45. The molecule has 4 rings (SSSR count). The molecule has 0 aliphatic carbocycles. The van der Waals surface area contributed by atoms with Crippen LogP contribution >= 0.6 is 11.3 Å². The van der Waals surface area contributed by atoms with E-state index in [-0.39, 0.29) is 11.9 Å². The second-order valence-corrected chi connectivity index (χ2v) is 9.62. The molecule has 5 nitrogen and oxygen atoms in total. The van der Waals surface area contributed by atoms with Gasteiger partial charge in [-0.15, -0.1) is 11.3 Å². The number of hydrogen-bond acceptors (Lipinski definition) is 5. The second kappa shape index (κ2) is 8.74. The summed E-state index contributed by atoms with van der Waals surface area (Å²) in [5.41, 5.74) is 2.48. The van der Waals surface area contributed by atoms with E-state index in [4.69, 9.17) is 0 Å². The lowest BCUT2D eigenvalue weighted by Crippen LogP contribution is -2.30. The van der Waals surface area contributed by atoms with Crippen LogP contribution in [0.15, 0.2) is 42.6 Å². The van der Waals surface area contributed by atoms with Crippen LogP contribution in [0, 0.1) is 0 Å². The Bertz CT molecular complexity index is 1040. The van der Waals surface area contributed by atoms with Gasteiger partial charge in [0.2, 0.25) is 0 Å². The average Bonchev–Trinajstić information content (AvgIpc) is 3.31. The number of fused-ring (bicyclic) bond motifs is 1. The highest BCUT2D eigenvalue weighted by molar-refractivity contribution is 7.21. The van der Waals surface area contributed by atoms with Gasteiger partial charge in [-0.3, -0.25) is 9.69 Å². The molecule has 30 heavy (non-hydrogen) atoms. The van der Waals surface area contributed by atoms with E-state index in [1.54, 1.807) is 11.3 Å². The van der Waals surface area contributed by atoms with Crippen LogP contribution in [0.3, 0.4) is 0 Å². The van der Waals surface area contributed by atoms with Crippen LogP contribution in [0.25, 0.3) is 10.1 Å². The Morgan fingerprint density at radius 1 is 1.27 bits per heavy atom. The Morgan fingerprint density at radius 3 is 2.83 bits per heavy atom. The second-order valence-electron chi connectivity index (χ2n) is 8.57. The molecule has 0 bridgehead atoms. The molecule has 0 radical (unpaired) electrons. The molecule has 0 saturated carbocycles. The zero-order valence-corrected chi connectivity index (χ0v) is 19.0. The van der Waals surface area contributed by atoms with Gasteiger partial charge in [0.05, 0.1) is 4.88 Å². The number of anilines is 1. The zero-order valence-electron chi connectivity index (χ0n) is 18.2. The van der Waals surface area contributed by atoms with Crippen LogP contribution in [-0.2, 0) is 6.54 Å². The normalized spacial score (nSPS) is 17.0. The topological polar surface area (TPSA) is 48.5 Å². The SMILES string of the molecule is CC(C)NC(=O)c1sc2ccccc2c1[C@H]1CCN(Cc2cccnc2N(C)C)C1. The molecule has 0 spiro atoms. The number of benzene rings is 1. The summed E-state index contributed by atoms with van der Waals surface area (Å²) in [6.45, 7) is 6.90. The van der Waals surface area contributed by atoms with Crippen molar-refractivity contribution in [2.75, 3.05) is 32.1 Å². The molecule has 3 heterocycles. The molecule has 1 saturated heterocycles. The first kappa shape index (κ1) is 20.8. The summed E-state index contributed by atoms with van der Waals surface area (Å²) in [4.78, 5) is 23.0.